The SMILES string of the molecule is CC[C@H](NC(=O)c1ccc(COC)cc1)C(=O)O. The number of nitrogens with one attached hydrogen (secondary N) is 1. The Morgan fingerprint density at radius 1 is 1.33 bits per heavy atom. The van der Waals surface area contributed by atoms with Gasteiger partial charge in [-0.25, -0.2) is 4.79 Å². The van der Waals surface area contributed by atoms with Crippen LogP contribution in [0.5, 0.6) is 0 Å². The van der Waals surface area contributed by atoms with Gasteiger partial charge < -0.3 is 15.2 Å². The molecule has 0 saturated heterocycles. The van der Waals surface area contributed by atoms with Gasteiger partial charge in [-0.3, -0.25) is 4.79 Å². The van der Waals surface area contributed by atoms with Gasteiger partial charge in [0, 0.05) is 12.7 Å². The van der Waals surface area contributed by atoms with Crippen molar-refractivity contribution in [1.29, 1.82) is 0 Å². The molecule has 0 bridgehead atoms. The molecular weight excluding hydrogens is 234 g/mol. The molecule has 0 saturated carbocycles. The van der Waals surface area contributed by atoms with E-state index in [1.165, 1.54) is 0 Å². The Kier molecular flexibility index (Phi) is 5.32. The molecule has 1 rings (SSSR count). The summed E-state index contributed by atoms with van der Waals surface area (Å²) in [5.41, 5.74) is 1.40. The largest absolute Gasteiger partial charge is 0.480 e. The lowest BCUT2D eigenvalue weighted by molar-refractivity contribution is -0.139. The maximum atomic E-state index is 11.8. The van der Waals surface area contributed by atoms with Gasteiger partial charge in [0.25, 0.3) is 5.91 Å². The summed E-state index contributed by atoms with van der Waals surface area (Å²) in [6.45, 7) is 2.19. The first-order valence-corrected chi connectivity index (χ1v) is 5.70. The summed E-state index contributed by atoms with van der Waals surface area (Å²) in [5, 5.41) is 11.3. The zero-order valence-corrected chi connectivity index (χ0v) is 10.5. The molecule has 0 unspecified atom stereocenters. The maximum Gasteiger partial charge on any atom is 0.326 e. The monoisotopic (exact) mass is 251 g/mol. The molecule has 0 radical (unpaired) electrons. The number of rotatable bonds is 6. The van der Waals surface area contributed by atoms with E-state index in [2.05, 4.69) is 5.32 Å². The fourth-order valence-corrected chi connectivity index (χ4v) is 1.50. The smallest absolute Gasteiger partial charge is 0.326 e. The summed E-state index contributed by atoms with van der Waals surface area (Å²) < 4.78 is 4.96. The van der Waals surface area contributed by atoms with Gasteiger partial charge in [-0.2, -0.15) is 0 Å². The van der Waals surface area contributed by atoms with Crippen molar-refractivity contribution in [2.75, 3.05) is 7.11 Å². The van der Waals surface area contributed by atoms with Gasteiger partial charge in [0.05, 0.1) is 6.61 Å². The molecule has 0 aromatic heterocycles. The van der Waals surface area contributed by atoms with Crippen LogP contribution in [0.3, 0.4) is 0 Å². The predicted molar refractivity (Wildman–Crippen MR) is 66.3 cm³/mol. The van der Waals surface area contributed by atoms with E-state index in [4.69, 9.17) is 9.84 Å². The van der Waals surface area contributed by atoms with E-state index < -0.39 is 12.0 Å². The van der Waals surface area contributed by atoms with Crippen molar-refractivity contribution in [3.05, 3.63) is 35.4 Å². The Labute approximate surface area is 106 Å². The topological polar surface area (TPSA) is 75.6 Å². The van der Waals surface area contributed by atoms with Gasteiger partial charge >= 0.3 is 5.97 Å². The number of ether oxygens (including phenoxy) is 1. The molecule has 0 aliphatic carbocycles. The van der Waals surface area contributed by atoms with Crippen LogP contribution >= 0.6 is 0 Å². The van der Waals surface area contributed by atoms with Gasteiger partial charge in [-0.15, -0.1) is 0 Å². The Balaban J connectivity index is 2.69. The quantitative estimate of drug-likeness (QED) is 0.802. The number of carbonyl (C=O) groups is 2. The van der Waals surface area contributed by atoms with E-state index in [0.717, 1.165) is 5.56 Å². The Morgan fingerprint density at radius 3 is 2.39 bits per heavy atom. The Morgan fingerprint density at radius 2 is 1.94 bits per heavy atom. The molecule has 1 amide bonds. The van der Waals surface area contributed by atoms with Crippen LogP contribution in [0.1, 0.15) is 29.3 Å². The average Bonchev–Trinajstić information content (AvgIpc) is 2.36. The number of amides is 1. The highest BCUT2D eigenvalue weighted by atomic mass is 16.5. The van der Waals surface area contributed by atoms with Crippen LogP contribution in [-0.2, 0) is 16.1 Å². The zero-order chi connectivity index (χ0) is 13.5. The standard InChI is InChI=1S/C13H17NO4/c1-3-11(13(16)17)14-12(15)10-6-4-9(5-7-10)8-18-2/h4-7,11H,3,8H2,1-2H3,(H,14,15)(H,16,17)/t11-/m0/s1. The van der Waals surface area contributed by atoms with Crippen LogP contribution in [0.15, 0.2) is 24.3 Å². The molecule has 1 aromatic rings. The average molecular weight is 251 g/mol. The van der Waals surface area contributed by atoms with Crippen LogP contribution in [0.25, 0.3) is 0 Å². The van der Waals surface area contributed by atoms with Gasteiger partial charge in [-0.05, 0) is 24.1 Å². The molecule has 0 heterocycles. The highest BCUT2D eigenvalue weighted by molar-refractivity contribution is 5.96. The van der Waals surface area contributed by atoms with E-state index in [0.29, 0.717) is 18.6 Å². The lowest BCUT2D eigenvalue weighted by Crippen LogP contribution is -2.40. The first-order chi connectivity index (χ1) is 8.58. The van der Waals surface area contributed by atoms with Gasteiger partial charge in [0.2, 0.25) is 0 Å². The van der Waals surface area contributed by atoms with Crippen LogP contribution < -0.4 is 5.32 Å². The van der Waals surface area contributed by atoms with Gasteiger partial charge in [0.15, 0.2) is 0 Å². The number of carboxylic acid groups (broad SMARTS) is 1. The second-order valence-electron chi connectivity index (χ2n) is 3.90. The van der Waals surface area contributed by atoms with Crippen LogP contribution in [0.2, 0.25) is 0 Å². The van der Waals surface area contributed by atoms with E-state index >= 15 is 0 Å². The molecule has 0 spiro atoms. The summed E-state index contributed by atoms with van der Waals surface area (Å²) in [4.78, 5) is 22.6. The molecule has 2 N–H and O–H groups in total. The summed E-state index contributed by atoms with van der Waals surface area (Å²) in [5.74, 6) is -1.41. The molecule has 5 heteroatoms. The van der Waals surface area contributed by atoms with Crippen molar-refractivity contribution < 1.29 is 19.4 Å². The number of aliphatic carboxylic acids is 1. The second kappa shape index (κ2) is 6.76. The van der Waals surface area contributed by atoms with Crippen molar-refractivity contribution in [2.24, 2.45) is 0 Å². The third-order valence-electron chi connectivity index (χ3n) is 2.54. The molecule has 1 atom stereocenters. The van der Waals surface area contributed by atoms with Crippen molar-refractivity contribution in [3.63, 3.8) is 0 Å². The molecule has 0 fully saturated rings. The molecule has 98 valence electrons. The number of methoxy groups -OCH3 is 1. The normalized spacial score (nSPS) is 11.9. The minimum atomic E-state index is -1.03. The highest BCUT2D eigenvalue weighted by Gasteiger charge is 2.18. The summed E-state index contributed by atoms with van der Waals surface area (Å²) in [7, 11) is 1.60. The number of benzene rings is 1. The molecule has 0 aliphatic heterocycles. The van der Waals surface area contributed by atoms with E-state index in [1.807, 2.05) is 0 Å². The third-order valence-corrected chi connectivity index (χ3v) is 2.54. The first-order valence-electron chi connectivity index (χ1n) is 5.70. The lowest BCUT2D eigenvalue weighted by atomic mass is 10.1. The fourth-order valence-electron chi connectivity index (χ4n) is 1.50. The predicted octanol–water partition coefficient (Wildman–Crippen LogP) is 1.43. The van der Waals surface area contributed by atoms with Gasteiger partial charge in [-0.1, -0.05) is 19.1 Å². The van der Waals surface area contributed by atoms with E-state index in [-0.39, 0.29) is 5.91 Å². The minimum absolute atomic E-state index is 0.350. The van der Waals surface area contributed by atoms with Gasteiger partial charge in [0.1, 0.15) is 6.04 Å². The van der Waals surface area contributed by atoms with E-state index in [1.54, 1.807) is 38.3 Å². The molecule has 0 aliphatic rings. The lowest BCUT2D eigenvalue weighted by Gasteiger charge is -2.12. The molecule has 5 nitrogen and oxygen atoms in total. The molecular formula is C13H17NO4. The zero-order valence-electron chi connectivity index (χ0n) is 10.5. The summed E-state index contributed by atoms with van der Waals surface area (Å²) in [6.07, 6.45) is 0.350. The highest BCUT2D eigenvalue weighted by Crippen LogP contribution is 2.06. The van der Waals surface area contributed by atoms with Crippen molar-refractivity contribution in [3.8, 4) is 0 Å². The van der Waals surface area contributed by atoms with Crippen molar-refractivity contribution in [1.82, 2.24) is 5.32 Å². The van der Waals surface area contributed by atoms with Crippen LogP contribution in [0, 0.1) is 0 Å². The maximum absolute atomic E-state index is 11.8. The van der Waals surface area contributed by atoms with Crippen molar-refractivity contribution >= 4 is 11.9 Å². The Hall–Kier alpha value is -1.88. The second-order valence-corrected chi connectivity index (χ2v) is 3.90. The number of hydrogen-bond acceptors (Lipinski definition) is 3. The summed E-state index contributed by atoms with van der Waals surface area (Å²) >= 11 is 0. The van der Waals surface area contributed by atoms with Crippen molar-refractivity contribution in [2.45, 2.75) is 26.0 Å². The number of carboxylic acids is 1. The minimum Gasteiger partial charge on any atom is -0.480 e. The van der Waals surface area contributed by atoms with Crippen LogP contribution in [-0.4, -0.2) is 30.1 Å². The van der Waals surface area contributed by atoms with Crippen LogP contribution in [0.4, 0.5) is 0 Å². The molecule has 1 aromatic carbocycles. The summed E-state index contributed by atoms with van der Waals surface area (Å²) in [6, 6.07) is 6.01. The first kappa shape index (κ1) is 14.2. The number of hydrogen-bond donors (Lipinski definition) is 2. The van der Waals surface area contributed by atoms with E-state index in [9.17, 15) is 9.59 Å². The Bertz CT molecular complexity index is 414. The third kappa shape index (κ3) is 3.85. The fraction of sp³-hybridized carbons (Fsp3) is 0.385. The molecule has 18 heavy (non-hydrogen) atoms. The number of carbonyl (C=O) groups excluding carboxylic acids is 1.